The van der Waals surface area contributed by atoms with Crippen LogP contribution in [0.3, 0.4) is 0 Å². The number of aliphatic carboxylic acids is 1. The number of rotatable bonds is 6. The first-order chi connectivity index (χ1) is 18.0. The number of carboxylic acids is 1. The molecule has 0 amide bonds. The van der Waals surface area contributed by atoms with Gasteiger partial charge in [0.25, 0.3) is 0 Å². The summed E-state index contributed by atoms with van der Waals surface area (Å²) in [4.78, 5) is 18.8. The number of hydrogen-bond acceptors (Lipinski definition) is 3. The minimum absolute atomic E-state index is 0.271. The Balaban J connectivity index is 1.19. The van der Waals surface area contributed by atoms with Crippen LogP contribution in [0.5, 0.6) is 0 Å². The quantitative estimate of drug-likeness (QED) is 0.267. The van der Waals surface area contributed by atoms with Gasteiger partial charge in [0.1, 0.15) is 11.6 Å². The normalized spacial score (nSPS) is 17.8. The predicted octanol–water partition coefficient (Wildman–Crippen LogP) is 6.97. The summed E-state index contributed by atoms with van der Waals surface area (Å²) in [6, 6.07) is 21.2. The average molecular weight is 495 g/mol. The van der Waals surface area contributed by atoms with Gasteiger partial charge in [0.2, 0.25) is 0 Å². The second kappa shape index (κ2) is 9.65. The van der Waals surface area contributed by atoms with E-state index in [4.69, 9.17) is 5.11 Å². The van der Waals surface area contributed by atoms with E-state index in [-0.39, 0.29) is 12.2 Å². The van der Waals surface area contributed by atoms with Crippen molar-refractivity contribution in [3.63, 3.8) is 0 Å². The van der Waals surface area contributed by atoms with Crippen LogP contribution < -0.4 is 0 Å². The molecule has 0 atom stereocenters. The molecule has 0 radical (unpaired) electrons. The number of fused-ring (bicyclic) bond motifs is 1. The van der Waals surface area contributed by atoms with Gasteiger partial charge in [-0.2, -0.15) is 5.10 Å². The Morgan fingerprint density at radius 1 is 1.00 bits per heavy atom. The highest BCUT2D eigenvalue weighted by molar-refractivity contribution is 5.82. The number of H-pyrrole nitrogens is 1. The summed E-state index contributed by atoms with van der Waals surface area (Å²) in [5.74, 6) is 0.209. The minimum atomic E-state index is -0.703. The van der Waals surface area contributed by atoms with Crippen molar-refractivity contribution in [2.75, 3.05) is 0 Å². The first-order valence-corrected chi connectivity index (χ1v) is 12.7. The monoisotopic (exact) mass is 494 g/mol. The second-order valence-electron chi connectivity index (χ2n) is 9.87. The zero-order chi connectivity index (χ0) is 25.4. The molecule has 1 aliphatic rings. The van der Waals surface area contributed by atoms with Crippen molar-refractivity contribution in [3.05, 3.63) is 90.5 Å². The first-order valence-electron chi connectivity index (χ1n) is 12.7. The van der Waals surface area contributed by atoms with E-state index in [1.54, 1.807) is 23.0 Å². The Labute approximate surface area is 213 Å². The van der Waals surface area contributed by atoms with Crippen molar-refractivity contribution >= 4 is 17.0 Å². The number of halogens is 1. The van der Waals surface area contributed by atoms with Crippen molar-refractivity contribution in [2.24, 2.45) is 5.92 Å². The molecule has 6 rings (SSSR count). The van der Waals surface area contributed by atoms with Gasteiger partial charge in [-0.25, -0.2) is 14.1 Å². The number of hydrogen-bond donors (Lipinski definition) is 2. The molecule has 37 heavy (non-hydrogen) atoms. The molecule has 1 aliphatic carbocycles. The van der Waals surface area contributed by atoms with E-state index in [1.165, 1.54) is 5.56 Å². The SMILES string of the molecule is O=C(O)CC1CCC(c2ccc(-c3ccc(-c4nc5ccc(-n6cccn6)cc5[nH]4)c(F)c3)cc2)CC1. The summed E-state index contributed by atoms with van der Waals surface area (Å²) in [5, 5.41) is 13.3. The van der Waals surface area contributed by atoms with Gasteiger partial charge < -0.3 is 10.1 Å². The molecule has 0 aliphatic heterocycles. The lowest BCUT2D eigenvalue weighted by Gasteiger charge is -2.28. The number of carbonyl (C=O) groups is 1. The van der Waals surface area contributed by atoms with Crippen LogP contribution in [0, 0.1) is 11.7 Å². The standard InChI is InChI=1S/C30H27FN4O2/c31-26-17-23(22-8-6-21(7-9-22)20-4-2-19(3-5-20)16-29(36)37)10-12-25(26)30-33-27-13-11-24(18-28(27)34-30)35-15-1-14-32-35/h1,6-15,17-20H,2-5,16H2,(H,33,34)(H,36,37). The molecular weight excluding hydrogens is 467 g/mol. The molecular formula is C30H27FN4O2. The molecule has 0 saturated heterocycles. The number of nitrogens with one attached hydrogen (secondary N) is 1. The van der Waals surface area contributed by atoms with Crippen molar-refractivity contribution < 1.29 is 14.3 Å². The minimum Gasteiger partial charge on any atom is -0.481 e. The van der Waals surface area contributed by atoms with Crippen molar-refractivity contribution in [1.29, 1.82) is 0 Å². The highest BCUT2D eigenvalue weighted by atomic mass is 19.1. The molecule has 0 spiro atoms. The topological polar surface area (TPSA) is 83.8 Å². The summed E-state index contributed by atoms with van der Waals surface area (Å²) in [7, 11) is 0. The van der Waals surface area contributed by atoms with Crippen molar-refractivity contribution in [1.82, 2.24) is 19.7 Å². The van der Waals surface area contributed by atoms with Gasteiger partial charge in [-0.15, -0.1) is 0 Å². The van der Waals surface area contributed by atoms with E-state index in [1.807, 2.05) is 48.7 Å². The first kappa shape index (κ1) is 23.2. The molecule has 2 heterocycles. The van der Waals surface area contributed by atoms with Crippen LogP contribution in [0.25, 0.3) is 39.2 Å². The summed E-state index contributed by atoms with van der Waals surface area (Å²) < 4.78 is 17.0. The van der Waals surface area contributed by atoms with Crippen LogP contribution in [0.4, 0.5) is 4.39 Å². The lowest BCUT2D eigenvalue weighted by atomic mass is 9.77. The van der Waals surface area contributed by atoms with Gasteiger partial charge in [0, 0.05) is 18.8 Å². The lowest BCUT2D eigenvalue weighted by Crippen LogP contribution is -2.16. The molecule has 1 saturated carbocycles. The van der Waals surface area contributed by atoms with E-state index in [0.717, 1.165) is 53.5 Å². The van der Waals surface area contributed by atoms with Crippen molar-refractivity contribution in [2.45, 2.75) is 38.0 Å². The molecule has 0 bridgehead atoms. The van der Waals surface area contributed by atoms with Gasteiger partial charge in [-0.1, -0.05) is 30.3 Å². The van der Waals surface area contributed by atoms with Gasteiger partial charge in [-0.05, 0) is 90.6 Å². The Morgan fingerprint density at radius 3 is 2.49 bits per heavy atom. The third kappa shape index (κ3) is 4.77. The molecule has 3 aromatic carbocycles. The molecule has 6 nitrogen and oxygen atoms in total. The molecule has 0 unspecified atom stereocenters. The molecule has 5 aromatic rings. The zero-order valence-corrected chi connectivity index (χ0v) is 20.3. The van der Waals surface area contributed by atoms with Gasteiger partial charge in [0.15, 0.2) is 0 Å². The molecule has 2 N–H and O–H groups in total. The number of aromatic amines is 1. The lowest BCUT2D eigenvalue weighted by molar-refractivity contribution is -0.138. The van der Waals surface area contributed by atoms with E-state index >= 15 is 4.39 Å². The van der Waals surface area contributed by atoms with Crippen LogP contribution in [-0.4, -0.2) is 30.8 Å². The number of aromatic nitrogens is 4. The third-order valence-electron chi connectivity index (χ3n) is 7.48. The Hall–Kier alpha value is -4.26. The maximum Gasteiger partial charge on any atom is 0.303 e. The summed E-state index contributed by atoms with van der Waals surface area (Å²) in [6.07, 6.45) is 7.81. The van der Waals surface area contributed by atoms with Crippen LogP contribution in [0.2, 0.25) is 0 Å². The number of carboxylic acid groups (broad SMARTS) is 1. The maximum absolute atomic E-state index is 15.2. The number of benzene rings is 3. The smallest absolute Gasteiger partial charge is 0.303 e. The maximum atomic E-state index is 15.2. The van der Waals surface area contributed by atoms with E-state index in [0.29, 0.717) is 23.2 Å². The number of imidazole rings is 1. The third-order valence-corrected chi connectivity index (χ3v) is 7.48. The van der Waals surface area contributed by atoms with Crippen molar-refractivity contribution in [3.8, 4) is 28.2 Å². The summed E-state index contributed by atoms with van der Waals surface area (Å²) in [6.45, 7) is 0. The van der Waals surface area contributed by atoms with Crippen LogP contribution in [-0.2, 0) is 4.79 Å². The Bertz CT molecular complexity index is 1550. The van der Waals surface area contributed by atoms with Gasteiger partial charge >= 0.3 is 5.97 Å². The van der Waals surface area contributed by atoms with Crippen LogP contribution >= 0.6 is 0 Å². The molecule has 186 valence electrons. The van der Waals surface area contributed by atoms with Gasteiger partial charge in [0.05, 0.1) is 22.3 Å². The highest BCUT2D eigenvalue weighted by Gasteiger charge is 2.24. The largest absolute Gasteiger partial charge is 0.481 e. The Morgan fingerprint density at radius 2 is 1.78 bits per heavy atom. The molecule has 7 heteroatoms. The molecule has 1 fully saturated rings. The fraction of sp³-hybridized carbons (Fsp3) is 0.233. The van der Waals surface area contributed by atoms with E-state index in [2.05, 4.69) is 27.2 Å². The summed E-state index contributed by atoms with van der Waals surface area (Å²) >= 11 is 0. The van der Waals surface area contributed by atoms with Crippen LogP contribution in [0.1, 0.15) is 43.6 Å². The van der Waals surface area contributed by atoms with E-state index in [9.17, 15) is 4.79 Å². The van der Waals surface area contributed by atoms with Crippen LogP contribution in [0.15, 0.2) is 79.1 Å². The fourth-order valence-corrected chi connectivity index (χ4v) is 5.47. The fourth-order valence-electron chi connectivity index (χ4n) is 5.47. The molecule has 2 aromatic heterocycles. The van der Waals surface area contributed by atoms with Gasteiger partial charge in [-0.3, -0.25) is 4.79 Å². The van der Waals surface area contributed by atoms with E-state index < -0.39 is 5.97 Å². The second-order valence-corrected chi connectivity index (χ2v) is 9.87. The Kier molecular flexibility index (Phi) is 6.04. The predicted molar refractivity (Wildman–Crippen MR) is 141 cm³/mol. The average Bonchev–Trinajstić information content (AvgIpc) is 3.59. The number of nitrogens with zero attached hydrogens (tertiary/aromatic N) is 3. The zero-order valence-electron chi connectivity index (χ0n) is 20.3. The summed E-state index contributed by atoms with van der Waals surface area (Å²) in [5.41, 5.74) is 5.96. The highest BCUT2D eigenvalue weighted by Crippen LogP contribution is 2.38.